The van der Waals surface area contributed by atoms with E-state index in [1.54, 1.807) is 7.11 Å². The normalized spacial score (nSPS) is 22.4. The Hall–Kier alpha value is -1.22. The van der Waals surface area contributed by atoms with Crippen LogP contribution in [0, 0.1) is 0 Å². The summed E-state index contributed by atoms with van der Waals surface area (Å²) in [6.07, 6.45) is 3.82. The number of hydrogen-bond donors (Lipinski definition) is 0. The molecule has 1 heterocycles. The van der Waals surface area contributed by atoms with Crippen molar-refractivity contribution in [3.05, 3.63) is 36.8 Å². The largest absolute Gasteiger partial charge is 0.497 e. The van der Waals surface area contributed by atoms with Crippen LogP contribution in [0.4, 0.5) is 0 Å². The second-order valence-corrected chi connectivity index (χ2v) is 4.30. The first kappa shape index (κ1) is 12.8. The quantitative estimate of drug-likeness (QED) is 0.533. The number of piperazine rings is 1. The van der Waals surface area contributed by atoms with E-state index in [2.05, 4.69) is 36.9 Å². The van der Waals surface area contributed by atoms with Crippen molar-refractivity contribution in [1.82, 2.24) is 9.80 Å². The van der Waals surface area contributed by atoms with E-state index in [9.17, 15) is 0 Å². The summed E-state index contributed by atoms with van der Waals surface area (Å²) in [5.74, 6) is 0.655. The molecular weight excluding hydrogens is 200 g/mol. The lowest BCUT2D eigenvalue weighted by atomic mass is 10.2. The van der Waals surface area contributed by atoms with E-state index in [0.29, 0.717) is 11.8 Å². The Morgan fingerprint density at radius 3 is 2.56 bits per heavy atom. The molecule has 0 bridgehead atoms. The van der Waals surface area contributed by atoms with Crippen molar-refractivity contribution in [1.29, 1.82) is 0 Å². The zero-order valence-corrected chi connectivity index (χ0v) is 10.6. The van der Waals surface area contributed by atoms with Crippen molar-refractivity contribution < 1.29 is 4.74 Å². The number of hydrogen-bond acceptors (Lipinski definition) is 3. The third-order valence-corrected chi connectivity index (χ3v) is 2.92. The number of ether oxygens (including phenoxy) is 1. The van der Waals surface area contributed by atoms with Crippen LogP contribution < -0.4 is 0 Å². The molecule has 0 saturated carbocycles. The average molecular weight is 222 g/mol. The highest BCUT2D eigenvalue weighted by atomic mass is 16.5. The molecule has 0 spiro atoms. The number of allylic oxidation sites excluding steroid dienone is 2. The van der Waals surface area contributed by atoms with Crippen molar-refractivity contribution in [3.8, 4) is 0 Å². The molecule has 3 nitrogen and oxygen atoms in total. The van der Waals surface area contributed by atoms with Gasteiger partial charge in [-0.25, -0.2) is 0 Å². The zero-order valence-electron chi connectivity index (χ0n) is 10.6. The molecule has 1 rings (SSSR count). The minimum absolute atomic E-state index is 0.506. The van der Waals surface area contributed by atoms with Gasteiger partial charge in [0.15, 0.2) is 0 Å². The predicted octanol–water partition coefficient (Wildman–Crippen LogP) is 1.85. The molecule has 1 atom stereocenters. The van der Waals surface area contributed by atoms with Gasteiger partial charge in [-0.2, -0.15) is 0 Å². The predicted molar refractivity (Wildman–Crippen MR) is 68.1 cm³/mol. The van der Waals surface area contributed by atoms with Gasteiger partial charge in [-0.3, -0.25) is 0 Å². The highest BCUT2D eigenvalue weighted by molar-refractivity contribution is 5.21. The Morgan fingerprint density at radius 1 is 1.31 bits per heavy atom. The van der Waals surface area contributed by atoms with Crippen LogP contribution in [0.5, 0.6) is 0 Å². The van der Waals surface area contributed by atoms with E-state index in [-0.39, 0.29) is 0 Å². The molecule has 0 N–H and O–H groups in total. The van der Waals surface area contributed by atoms with Crippen LogP contribution in [-0.2, 0) is 4.74 Å². The molecule has 0 radical (unpaired) electrons. The van der Waals surface area contributed by atoms with Gasteiger partial charge in [0.1, 0.15) is 5.76 Å². The van der Waals surface area contributed by atoms with Gasteiger partial charge in [-0.05, 0) is 26.1 Å². The lowest BCUT2D eigenvalue weighted by molar-refractivity contribution is 0.136. The Bertz CT molecular complexity index is 296. The van der Waals surface area contributed by atoms with Gasteiger partial charge >= 0.3 is 0 Å². The van der Waals surface area contributed by atoms with E-state index in [0.717, 1.165) is 25.3 Å². The molecule has 1 aliphatic rings. The summed E-state index contributed by atoms with van der Waals surface area (Å²) in [5, 5.41) is 0. The molecule has 1 saturated heterocycles. The molecule has 0 aliphatic carbocycles. The molecular formula is C13H22N2O. The van der Waals surface area contributed by atoms with Crippen LogP contribution in [0.15, 0.2) is 36.8 Å². The Balaban J connectivity index is 2.54. The lowest BCUT2D eigenvalue weighted by Crippen LogP contribution is -2.49. The first-order valence-electron chi connectivity index (χ1n) is 5.59. The number of rotatable bonds is 4. The van der Waals surface area contributed by atoms with Crippen LogP contribution in [-0.4, -0.2) is 49.6 Å². The van der Waals surface area contributed by atoms with Gasteiger partial charge < -0.3 is 14.5 Å². The van der Waals surface area contributed by atoms with Crippen molar-refractivity contribution in [2.24, 2.45) is 0 Å². The minimum atomic E-state index is 0.506. The molecule has 0 aromatic carbocycles. The van der Waals surface area contributed by atoms with Crippen LogP contribution in [0.1, 0.15) is 6.92 Å². The van der Waals surface area contributed by atoms with Gasteiger partial charge in [0.25, 0.3) is 0 Å². The maximum absolute atomic E-state index is 4.98. The van der Waals surface area contributed by atoms with Crippen LogP contribution in [0.25, 0.3) is 0 Å². The van der Waals surface area contributed by atoms with Crippen LogP contribution in [0.3, 0.4) is 0 Å². The maximum Gasteiger partial charge on any atom is 0.111 e. The summed E-state index contributed by atoms with van der Waals surface area (Å²) >= 11 is 0. The van der Waals surface area contributed by atoms with Crippen molar-refractivity contribution in [2.45, 2.75) is 13.0 Å². The molecule has 0 aromatic rings. The van der Waals surface area contributed by atoms with Crippen LogP contribution >= 0.6 is 0 Å². The van der Waals surface area contributed by atoms with E-state index < -0.39 is 0 Å². The lowest BCUT2D eigenvalue weighted by Gasteiger charge is -2.40. The molecule has 90 valence electrons. The summed E-state index contributed by atoms with van der Waals surface area (Å²) < 4.78 is 4.98. The molecule has 1 fully saturated rings. The average Bonchev–Trinajstić information content (AvgIpc) is 2.25. The second-order valence-electron chi connectivity index (χ2n) is 4.30. The zero-order chi connectivity index (χ0) is 12.1. The van der Waals surface area contributed by atoms with Crippen LogP contribution in [0.2, 0.25) is 0 Å². The first-order chi connectivity index (χ1) is 7.54. The van der Waals surface area contributed by atoms with Gasteiger partial charge in [0, 0.05) is 31.4 Å². The Kier molecular flexibility index (Phi) is 4.62. The number of nitrogens with zero attached hydrogens (tertiary/aromatic N) is 2. The second kappa shape index (κ2) is 5.75. The topological polar surface area (TPSA) is 15.7 Å². The standard InChI is InChI=1S/C13H22N2O/c1-11(6-7-13(3)16-5)15-9-8-14(4)10-12(15)2/h6-7,12H,1,3,8-10H2,2,4-5H3/b7-6-. The fourth-order valence-corrected chi connectivity index (χ4v) is 1.92. The van der Waals surface area contributed by atoms with E-state index in [1.807, 2.05) is 12.2 Å². The fourth-order valence-electron chi connectivity index (χ4n) is 1.92. The Labute approximate surface area is 98.7 Å². The molecule has 1 aliphatic heterocycles. The van der Waals surface area contributed by atoms with Gasteiger partial charge in [0.05, 0.1) is 7.11 Å². The molecule has 0 aromatic heterocycles. The molecule has 3 heteroatoms. The van der Waals surface area contributed by atoms with Gasteiger partial charge in [-0.1, -0.05) is 13.2 Å². The summed E-state index contributed by atoms with van der Waals surface area (Å²) in [5.41, 5.74) is 1.03. The minimum Gasteiger partial charge on any atom is -0.497 e. The van der Waals surface area contributed by atoms with E-state index in [1.165, 1.54) is 0 Å². The fraction of sp³-hybridized carbons (Fsp3) is 0.538. The third-order valence-electron chi connectivity index (χ3n) is 2.92. The third kappa shape index (κ3) is 3.42. The van der Waals surface area contributed by atoms with Gasteiger partial charge in [-0.15, -0.1) is 0 Å². The molecule has 0 amide bonds. The first-order valence-corrected chi connectivity index (χ1v) is 5.59. The molecule has 1 unspecified atom stereocenters. The summed E-state index contributed by atoms with van der Waals surface area (Å²) in [6, 6.07) is 0.506. The summed E-state index contributed by atoms with van der Waals surface area (Å²) in [4.78, 5) is 4.66. The monoisotopic (exact) mass is 222 g/mol. The SMILES string of the molecule is C=C(/C=C\C(=C)N1CCN(C)CC1C)OC. The van der Waals surface area contributed by atoms with Gasteiger partial charge in [0.2, 0.25) is 0 Å². The highest BCUT2D eigenvalue weighted by Gasteiger charge is 2.21. The Morgan fingerprint density at radius 2 is 2.00 bits per heavy atom. The summed E-state index contributed by atoms with van der Waals surface area (Å²) in [7, 11) is 3.77. The number of likely N-dealkylation sites (N-methyl/N-ethyl adjacent to an activating group) is 1. The van der Waals surface area contributed by atoms with Crippen molar-refractivity contribution in [3.63, 3.8) is 0 Å². The molecule has 16 heavy (non-hydrogen) atoms. The highest BCUT2D eigenvalue weighted by Crippen LogP contribution is 2.14. The van der Waals surface area contributed by atoms with Crippen molar-refractivity contribution >= 4 is 0 Å². The summed E-state index contributed by atoms with van der Waals surface area (Å²) in [6.45, 7) is 13.2. The maximum atomic E-state index is 4.98. The van der Waals surface area contributed by atoms with E-state index in [4.69, 9.17) is 4.74 Å². The van der Waals surface area contributed by atoms with Crippen molar-refractivity contribution in [2.75, 3.05) is 33.8 Å². The van der Waals surface area contributed by atoms with E-state index >= 15 is 0 Å². The number of methoxy groups -OCH3 is 1. The smallest absolute Gasteiger partial charge is 0.111 e.